The average Bonchev–Trinajstić information content (AvgIpc) is 3.23. The Bertz CT molecular complexity index is 1180. The predicted molar refractivity (Wildman–Crippen MR) is 127 cm³/mol. The number of amides is 1. The van der Waals surface area contributed by atoms with E-state index in [9.17, 15) is 9.18 Å². The van der Waals surface area contributed by atoms with E-state index in [1.807, 2.05) is 52.0 Å². The Kier molecular flexibility index (Phi) is 6.27. The number of nitrogens with zero attached hydrogens (tertiary/aromatic N) is 1. The third-order valence-electron chi connectivity index (χ3n) is 6.42. The largest absolute Gasteiger partial charge is 0.494 e. The van der Waals surface area contributed by atoms with Gasteiger partial charge in [-0.2, -0.15) is 0 Å². The highest BCUT2D eigenvalue weighted by molar-refractivity contribution is 6.62. The van der Waals surface area contributed by atoms with Crippen LogP contribution in [0.2, 0.25) is 0 Å². The predicted octanol–water partition coefficient (Wildman–Crippen LogP) is 5.40. The van der Waals surface area contributed by atoms with Crippen molar-refractivity contribution in [2.24, 2.45) is 0 Å². The van der Waals surface area contributed by atoms with E-state index >= 15 is 0 Å². The summed E-state index contributed by atoms with van der Waals surface area (Å²) in [6.07, 6.45) is -1.51. The molecule has 1 fully saturated rings. The number of nitrogens with one attached hydrogen (secondary N) is 1. The molecule has 0 saturated carbocycles. The normalized spacial score (nSPS) is 17.4. The van der Waals surface area contributed by atoms with Gasteiger partial charge in [-0.25, -0.2) is 9.18 Å². The van der Waals surface area contributed by atoms with Crippen molar-refractivity contribution in [3.63, 3.8) is 0 Å². The first-order valence-corrected chi connectivity index (χ1v) is 11.1. The van der Waals surface area contributed by atoms with Crippen LogP contribution in [0.25, 0.3) is 11.3 Å². The zero-order chi connectivity index (χ0) is 24.7. The molecule has 1 saturated heterocycles. The molecule has 1 amide bonds. The molecule has 2 heterocycles. The number of hydrogen-bond acceptors (Lipinski definition) is 6. The van der Waals surface area contributed by atoms with Gasteiger partial charge in [0.1, 0.15) is 23.3 Å². The van der Waals surface area contributed by atoms with Crippen LogP contribution in [-0.2, 0) is 14.0 Å². The van der Waals surface area contributed by atoms with Crippen molar-refractivity contribution in [1.29, 1.82) is 0 Å². The van der Waals surface area contributed by atoms with Crippen LogP contribution in [0, 0.1) is 12.7 Å². The molecule has 3 aromatic rings. The van der Waals surface area contributed by atoms with Gasteiger partial charge in [-0.15, -0.1) is 0 Å². The van der Waals surface area contributed by atoms with Gasteiger partial charge >= 0.3 is 13.2 Å². The lowest BCUT2D eigenvalue weighted by Crippen LogP contribution is -2.41. The van der Waals surface area contributed by atoms with Gasteiger partial charge in [0.2, 0.25) is 0 Å². The molecule has 0 aliphatic carbocycles. The molecule has 1 aliphatic rings. The van der Waals surface area contributed by atoms with Gasteiger partial charge in [-0.05, 0) is 53.1 Å². The van der Waals surface area contributed by atoms with Crippen LogP contribution < -0.4 is 10.8 Å². The highest BCUT2D eigenvalue weighted by Gasteiger charge is 2.51. The zero-order valence-electron chi connectivity index (χ0n) is 20.1. The Hall–Kier alpha value is -3.17. The van der Waals surface area contributed by atoms with E-state index in [1.54, 1.807) is 32.0 Å². The van der Waals surface area contributed by atoms with Gasteiger partial charge < -0.3 is 18.6 Å². The van der Waals surface area contributed by atoms with Gasteiger partial charge in [0.15, 0.2) is 5.76 Å². The summed E-state index contributed by atoms with van der Waals surface area (Å²) in [5, 5.41) is 6.66. The van der Waals surface area contributed by atoms with E-state index in [-0.39, 0.29) is 0 Å². The number of halogens is 1. The zero-order valence-corrected chi connectivity index (χ0v) is 20.1. The van der Waals surface area contributed by atoms with Crippen molar-refractivity contribution >= 4 is 24.4 Å². The lowest BCUT2D eigenvalue weighted by atomic mass is 9.79. The lowest BCUT2D eigenvalue weighted by Gasteiger charge is -2.32. The van der Waals surface area contributed by atoms with Gasteiger partial charge in [-0.1, -0.05) is 47.6 Å². The molecule has 1 aliphatic heterocycles. The maximum atomic E-state index is 14.0. The number of anilines is 1. The molecule has 34 heavy (non-hydrogen) atoms. The van der Waals surface area contributed by atoms with E-state index in [4.69, 9.17) is 18.6 Å². The molecule has 0 unspecified atom stereocenters. The second kappa shape index (κ2) is 8.89. The minimum absolute atomic E-state index is 0.290. The molecule has 178 valence electrons. The molecule has 1 atom stereocenters. The average molecular weight is 466 g/mol. The summed E-state index contributed by atoms with van der Waals surface area (Å²) in [5.41, 5.74) is 1.86. The van der Waals surface area contributed by atoms with Crippen LogP contribution in [0.4, 0.5) is 14.9 Å². The molecular weight excluding hydrogens is 438 g/mol. The molecule has 7 nitrogen and oxygen atoms in total. The third-order valence-corrected chi connectivity index (χ3v) is 6.42. The Balaban J connectivity index is 1.49. The van der Waals surface area contributed by atoms with Crippen LogP contribution >= 0.6 is 0 Å². The number of aryl methyl sites for hydroxylation is 1. The summed E-state index contributed by atoms with van der Waals surface area (Å²) in [4.78, 5) is 12.5. The molecule has 0 bridgehead atoms. The summed E-state index contributed by atoms with van der Waals surface area (Å²) in [6.45, 7) is 11.3. The Morgan fingerprint density at radius 3 is 2.29 bits per heavy atom. The molecule has 0 radical (unpaired) electrons. The van der Waals surface area contributed by atoms with Crippen molar-refractivity contribution in [3.05, 3.63) is 65.6 Å². The topological polar surface area (TPSA) is 82.8 Å². The maximum absolute atomic E-state index is 14.0. The van der Waals surface area contributed by atoms with Crippen molar-refractivity contribution in [2.45, 2.75) is 58.8 Å². The molecular formula is C25H28BFN2O5. The summed E-state index contributed by atoms with van der Waals surface area (Å²) < 4.78 is 37.0. The molecule has 1 N–H and O–H groups in total. The van der Waals surface area contributed by atoms with Gasteiger partial charge in [0.25, 0.3) is 0 Å². The van der Waals surface area contributed by atoms with Crippen LogP contribution in [0.5, 0.6) is 0 Å². The van der Waals surface area contributed by atoms with Crippen LogP contribution in [0.1, 0.15) is 52.0 Å². The fraction of sp³-hybridized carbons (Fsp3) is 0.360. The number of carbonyl (C=O) groups is 1. The van der Waals surface area contributed by atoms with Gasteiger partial charge in [0, 0.05) is 11.1 Å². The lowest BCUT2D eigenvalue weighted by molar-refractivity contribution is 0.00578. The molecule has 9 heteroatoms. The second-order valence-corrected chi connectivity index (χ2v) is 9.38. The monoisotopic (exact) mass is 466 g/mol. The first-order valence-electron chi connectivity index (χ1n) is 11.1. The molecule has 2 aromatic carbocycles. The number of ether oxygens (including phenoxy) is 1. The smallest absolute Gasteiger partial charge is 0.441 e. The SMILES string of the molecule is Cc1noc(-c2ccc(B3OC(C)(C)C(C)(C)O3)cc2)c1NC(=O)O[C@H](C)c1ccccc1F. The van der Waals surface area contributed by atoms with E-state index in [0.717, 1.165) is 5.46 Å². The number of rotatable bonds is 5. The Labute approximate surface area is 198 Å². The standard InChI is InChI=1S/C25H28BFN2O5/c1-15-21(28-23(30)31-16(2)19-9-7-8-10-20(19)27)22(32-29-15)17-11-13-18(14-12-17)26-33-24(3,4)25(5,6)34-26/h7-14,16H,1-6H3,(H,28,30)/t16-/m1/s1. The summed E-state index contributed by atoms with van der Waals surface area (Å²) in [6, 6.07) is 13.6. The highest BCUT2D eigenvalue weighted by Crippen LogP contribution is 2.37. The fourth-order valence-corrected chi connectivity index (χ4v) is 3.65. The fourth-order valence-electron chi connectivity index (χ4n) is 3.65. The van der Waals surface area contributed by atoms with Crippen LogP contribution in [0.3, 0.4) is 0 Å². The minimum atomic E-state index is -0.774. The van der Waals surface area contributed by atoms with Crippen molar-refractivity contribution in [2.75, 3.05) is 5.32 Å². The van der Waals surface area contributed by atoms with E-state index in [1.165, 1.54) is 6.07 Å². The summed E-state index contributed by atoms with van der Waals surface area (Å²) >= 11 is 0. The summed E-state index contributed by atoms with van der Waals surface area (Å²) in [7, 11) is -0.483. The third kappa shape index (κ3) is 4.58. The quantitative estimate of drug-likeness (QED) is 0.508. The summed E-state index contributed by atoms with van der Waals surface area (Å²) in [5.74, 6) is -0.0554. The van der Waals surface area contributed by atoms with Crippen LogP contribution in [-0.4, -0.2) is 29.6 Å². The number of aromatic nitrogens is 1. The first kappa shape index (κ1) is 24.0. The number of carbonyl (C=O) groups excluding carboxylic acids is 1. The number of hydrogen-bond donors (Lipinski definition) is 1. The minimum Gasteiger partial charge on any atom is -0.441 e. The Morgan fingerprint density at radius 2 is 1.68 bits per heavy atom. The highest BCUT2D eigenvalue weighted by atomic mass is 19.1. The van der Waals surface area contributed by atoms with Crippen molar-refractivity contribution < 1.29 is 27.8 Å². The maximum Gasteiger partial charge on any atom is 0.494 e. The molecule has 0 spiro atoms. The van der Waals surface area contributed by atoms with E-state index in [2.05, 4.69) is 10.5 Å². The second-order valence-electron chi connectivity index (χ2n) is 9.38. The van der Waals surface area contributed by atoms with Crippen molar-refractivity contribution in [1.82, 2.24) is 5.16 Å². The van der Waals surface area contributed by atoms with Crippen LogP contribution in [0.15, 0.2) is 53.1 Å². The van der Waals surface area contributed by atoms with Gasteiger partial charge in [0.05, 0.1) is 11.2 Å². The number of benzene rings is 2. The van der Waals surface area contributed by atoms with Crippen molar-refractivity contribution in [3.8, 4) is 11.3 Å². The first-order chi connectivity index (χ1) is 16.0. The van der Waals surface area contributed by atoms with E-state index < -0.39 is 36.3 Å². The Morgan fingerprint density at radius 1 is 1.06 bits per heavy atom. The van der Waals surface area contributed by atoms with E-state index in [0.29, 0.717) is 28.3 Å². The molecule has 4 rings (SSSR count). The van der Waals surface area contributed by atoms with Gasteiger partial charge in [-0.3, -0.25) is 5.32 Å². The molecule has 1 aromatic heterocycles.